The molecule has 0 radical (unpaired) electrons. The van der Waals surface area contributed by atoms with Gasteiger partial charge in [-0.25, -0.2) is 0 Å². The molecule has 0 amide bonds. The van der Waals surface area contributed by atoms with Crippen molar-refractivity contribution in [1.82, 2.24) is 4.90 Å². The Morgan fingerprint density at radius 2 is 1.95 bits per heavy atom. The average molecular weight is 293 g/mol. The quantitative estimate of drug-likeness (QED) is 0.941. The Balaban J connectivity index is 0.00000147. The van der Waals surface area contributed by atoms with Crippen molar-refractivity contribution in [2.45, 2.75) is 12.5 Å². The fourth-order valence-electron chi connectivity index (χ4n) is 2.62. The summed E-state index contributed by atoms with van der Waals surface area (Å²) in [6.07, 6.45) is 1.11. The summed E-state index contributed by atoms with van der Waals surface area (Å²) >= 11 is 0. The normalized spacial score (nSPS) is 18.9. The van der Waals surface area contributed by atoms with E-state index in [-0.39, 0.29) is 12.4 Å². The number of hydrogen-bond acceptors (Lipinski definition) is 3. The average Bonchev–Trinajstić information content (AvgIpc) is 2.84. The second-order valence-electron chi connectivity index (χ2n) is 5.21. The number of ether oxygens (including phenoxy) is 1. The summed E-state index contributed by atoms with van der Waals surface area (Å²) in [6.45, 7) is 3.79. The molecule has 20 heavy (non-hydrogen) atoms. The molecule has 0 saturated carbocycles. The van der Waals surface area contributed by atoms with Crippen LogP contribution in [0.3, 0.4) is 0 Å². The highest BCUT2D eigenvalue weighted by Crippen LogP contribution is 2.20. The van der Waals surface area contributed by atoms with E-state index in [0.29, 0.717) is 6.04 Å². The number of fused-ring (bicyclic) bond motifs is 1. The molecule has 0 aliphatic carbocycles. The summed E-state index contributed by atoms with van der Waals surface area (Å²) in [5, 5.41) is 2.48. The van der Waals surface area contributed by atoms with E-state index in [9.17, 15) is 0 Å². The monoisotopic (exact) mass is 292 g/mol. The molecular weight excluding hydrogens is 272 g/mol. The summed E-state index contributed by atoms with van der Waals surface area (Å²) in [4.78, 5) is 2.37. The molecule has 0 spiro atoms. The zero-order valence-electron chi connectivity index (χ0n) is 11.5. The number of likely N-dealkylation sites (tertiary alicyclic amines) is 1. The Bertz CT molecular complexity index is 561. The predicted octanol–water partition coefficient (Wildman–Crippen LogP) is 2.67. The van der Waals surface area contributed by atoms with Gasteiger partial charge in [0.05, 0.1) is 0 Å². The topological polar surface area (TPSA) is 38.5 Å². The summed E-state index contributed by atoms with van der Waals surface area (Å²) in [7, 11) is 0. The van der Waals surface area contributed by atoms with Crippen molar-refractivity contribution in [3.8, 4) is 5.75 Å². The highest BCUT2D eigenvalue weighted by atomic mass is 35.5. The highest BCUT2D eigenvalue weighted by molar-refractivity contribution is 5.85. The third-order valence-electron chi connectivity index (χ3n) is 3.71. The van der Waals surface area contributed by atoms with Gasteiger partial charge in [-0.1, -0.05) is 30.3 Å². The standard InChI is InChI=1S/C16H20N2O.ClH/c17-15-7-8-18(12-15)9-10-19-16-6-5-13-3-1-2-4-14(13)11-16;/h1-6,11,15H,7-10,12,17H2;1H/t15-;/m0./s1. The molecule has 3 nitrogen and oxygen atoms in total. The molecular formula is C16H21ClN2O. The second kappa shape index (κ2) is 6.93. The number of benzene rings is 2. The summed E-state index contributed by atoms with van der Waals surface area (Å²) in [6, 6.07) is 14.9. The molecule has 1 atom stereocenters. The molecule has 1 fully saturated rings. The van der Waals surface area contributed by atoms with Gasteiger partial charge < -0.3 is 10.5 Å². The minimum Gasteiger partial charge on any atom is -0.492 e. The van der Waals surface area contributed by atoms with Crippen LogP contribution in [0.1, 0.15) is 6.42 Å². The van der Waals surface area contributed by atoms with Crippen molar-refractivity contribution in [1.29, 1.82) is 0 Å². The molecule has 2 aromatic rings. The van der Waals surface area contributed by atoms with Crippen molar-refractivity contribution < 1.29 is 4.74 Å². The maximum Gasteiger partial charge on any atom is 0.120 e. The fourth-order valence-corrected chi connectivity index (χ4v) is 2.62. The molecule has 2 aromatic carbocycles. The van der Waals surface area contributed by atoms with E-state index in [1.807, 2.05) is 6.07 Å². The summed E-state index contributed by atoms with van der Waals surface area (Å²) in [5.41, 5.74) is 5.89. The molecule has 0 bridgehead atoms. The Morgan fingerprint density at radius 3 is 2.70 bits per heavy atom. The minimum atomic E-state index is 0. The lowest BCUT2D eigenvalue weighted by Crippen LogP contribution is -2.29. The van der Waals surface area contributed by atoms with Gasteiger partial charge in [-0.2, -0.15) is 0 Å². The van der Waals surface area contributed by atoms with Crippen LogP contribution in [0.25, 0.3) is 10.8 Å². The molecule has 0 unspecified atom stereocenters. The maximum absolute atomic E-state index is 5.89. The lowest BCUT2D eigenvalue weighted by atomic mass is 10.1. The SMILES string of the molecule is Cl.N[C@H]1CCN(CCOc2ccc3ccccc3c2)C1. The Morgan fingerprint density at radius 1 is 1.15 bits per heavy atom. The van der Waals surface area contributed by atoms with Crippen molar-refractivity contribution >= 4 is 23.2 Å². The second-order valence-corrected chi connectivity index (χ2v) is 5.21. The first-order chi connectivity index (χ1) is 9.31. The predicted molar refractivity (Wildman–Crippen MR) is 85.7 cm³/mol. The van der Waals surface area contributed by atoms with Crippen LogP contribution >= 0.6 is 12.4 Å². The van der Waals surface area contributed by atoms with Gasteiger partial charge in [0.15, 0.2) is 0 Å². The van der Waals surface area contributed by atoms with Crippen molar-refractivity contribution in [3.63, 3.8) is 0 Å². The molecule has 108 valence electrons. The number of nitrogens with zero attached hydrogens (tertiary/aromatic N) is 1. The van der Waals surface area contributed by atoms with E-state index in [1.54, 1.807) is 0 Å². The smallest absolute Gasteiger partial charge is 0.120 e. The van der Waals surface area contributed by atoms with Crippen LogP contribution in [-0.2, 0) is 0 Å². The number of rotatable bonds is 4. The Kier molecular flexibility index (Phi) is 5.24. The third kappa shape index (κ3) is 3.63. The molecule has 1 saturated heterocycles. The molecule has 1 heterocycles. The minimum absolute atomic E-state index is 0. The van der Waals surface area contributed by atoms with Crippen molar-refractivity contribution in [3.05, 3.63) is 42.5 Å². The van der Waals surface area contributed by atoms with E-state index in [1.165, 1.54) is 10.8 Å². The molecule has 1 aliphatic rings. The van der Waals surface area contributed by atoms with Gasteiger partial charge in [0, 0.05) is 19.1 Å². The zero-order chi connectivity index (χ0) is 13.1. The first-order valence-corrected chi connectivity index (χ1v) is 6.91. The number of nitrogens with two attached hydrogens (primary N) is 1. The highest BCUT2D eigenvalue weighted by Gasteiger charge is 2.18. The van der Waals surface area contributed by atoms with Crippen LogP contribution in [0.4, 0.5) is 0 Å². The van der Waals surface area contributed by atoms with Gasteiger partial charge in [0.1, 0.15) is 12.4 Å². The Labute approximate surface area is 126 Å². The van der Waals surface area contributed by atoms with E-state index in [4.69, 9.17) is 10.5 Å². The lowest BCUT2D eigenvalue weighted by molar-refractivity contribution is 0.236. The van der Waals surface area contributed by atoms with E-state index < -0.39 is 0 Å². The molecule has 2 N–H and O–H groups in total. The van der Waals surface area contributed by atoms with Crippen LogP contribution < -0.4 is 10.5 Å². The fraction of sp³-hybridized carbons (Fsp3) is 0.375. The van der Waals surface area contributed by atoms with Gasteiger partial charge in [0.2, 0.25) is 0 Å². The largest absolute Gasteiger partial charge is 0.492 e. The van der Waals surface area contributed by atoms with Crippen molar-refractivity contribution in [2.75, 3.05) is 26.2 Å². The number of halogens is 1. The van der Waals surface area contributed by atoms with Crippen molar-refractivity contribution in [2.24, 2.45) is 5.73 Å². The van der Waals surface area contributed by atoms with Gasteiger partial charge in [-0.15, -0.1) is 12.4 Å². The van der Waals surface area contributed by atoms with Gasteiger partial charge >= 0.3 is 0 Å². The lowest BCUT2D eigenvalue weighted by Gasteiger charge is -2.15. The summed E-state index contributed by atoms with van der Waals surface area (Å²) in [5.74, 6) is 0.946. The van der Waals surface area contributed by atoms with E-state index >= 15 is 0 Å². The first-order valence-electron chi connectivity index (χ1n) is 6.91. The summed E-state index contributed by atoms with van der Waals surface area (Å²) < 4.78 is 5.83. The molecule has 4 heteroatoms. The van der Waals surface area contributed by atoms with Crippen LogP contribution in [0.2, 0.25) is 0 Å². The maximum atomic E-state index is 5.89. The molecule has 0 aromatic heterocycles. The van der Waals surface area contributed by atoms with E-state index in [0.717, 1.165) is 38.4 Å². The Hall–Kier alpha value is -1.29. The molecule has 1 aliphatic heterocycles. The third-order valence-corrected chi connectivity index (χ3v) is 3.71. The van der Waals surface area contributed by atoms with Gasteiger partial charge in [-0.3, -0.25) is 4.90 Å². The first kappa shape index (κ1) is 15.1. The van der Waals surface area contributed by atoms with Crippen LogP contribution in [0.15, 0.2) is 42.5 Å². The van der Waals surface area contributed by atoms with Gasteiger partial charge in [0.25, 0.3) is 0 Å². The van der Waals surface area contributed by atoms with Crippen LogP contribution in [0, 0.1) is 0 Å². The molecule has 3 rings (SSSR count). The van der Waals surface area contributed by atoms with E-state index in [2.05, 4.69) is 41.3 Å². The van der Waals surface area contributed by atoms with Crippen LogP contribution in [-0.4, -0.2) is 37.2 Å². The zero-order valence-corrected chi connectivity index (χ0v) is 12.3. The van der Waals surface area contributed by atoms with Gasteiger partial charge in [-0.05, 0) is 35.9 Å². The number of hydrogen-bond donors (Lipinski definition) is 1. The van der Waals surface area contributed by atoms with Crippen LogP contribution in [0.5, 0.6) is 5.75 Å².